The van der Waals surface area contributed by atoms with Crippen molar-refractivity contribution < 1.29 is 0 Å². The van der Waals surface area contributed by atoms with E-state index in [0.717, 1.165) is 26.3 Å². The van der Waals surface area contributed by atoms with Crippen molar-refractivity contribution in [2.45, 2.75) is 18.4 Å². The van der Waals surface area contributed by atoms with Crippen LogP contribution in [0.25, 0.3) is 0 Å². The highest BCUT2D eigenvalue weighted by molar-refractivity contribution is 5.00. The Bertz CT molecular complexity index is 187. The zero-order valence-electron chi connectivity index (χ0n) is 9.13. The zero-order chi connectivity index (χ0) is 10.0. The molecule has 2 fully saturated rings. The van der Waals surface area contributed by atoms with Gasteiger partial charge in [-0.25, -0.2) is 0 Å². The minimum absolute atomic E-state index is 0.422. The molecule has 3 N–H and O–H groups in total. The average Bonchev–Trinajstić information content (AvgIpc) is 2.56. The molecule has 0 radical (unpaired) electrons. The number of hydrogen-bond donors (Lipinski definition) is 2. The van der Waals surface area contributed by atoms with Gasteiger partial charge in [-0.15, -0.1) is 0 Å². The topological polar surface area (TPSA) is 44.5 Å². The van der Waals surface area contributed by atoms with Gasteiger partial charge in [0.15, 0.2) is 0 Å². The predicted molar refractivity (Wildman–Crippen MR) is 58.1 cm³/mol. The zero-order valence-corrected chi connectivity index (χ0v) is 9.13. The summed E-state index contributed by atoms with van der Waals surface area (Å²) in [6.07, 6.45) is 2.58. The van der Waals surface area contributed by atoms with E-state index in [0.29, 0.717) is 5.54 Å². The molecule has 0 saturated carbocycles. The summed E-state index contributed by atoms with van der Waals surface area (Å²) in [6.45, 7) is 6.45. The summed E-state index contributed by atoms with van der Waals surface area (Å²) < 4.78 is 0. The molecule has 0 atom stereocenters. The Morgan fingerprint density at radius 2 is 2.07 bits per heavy atom. The highest BCUT2D eigenvalue weighted by Gasteiger charge is 2.41. The van der Waals surface area contributed by atoms with Crippen molar-refractivity contribution in [2.75, 3.05) is 46.4 Å². The summed E-state index contributed by atoms with van der Waals surface area (Å²) in [7, 11) is 2.21. The van der Waals surface area contributed by atoms with Crippen LogP contribution in [-0.4, -0.2) is 61.8 Å². The molecule has 14 heavy (non-hydrogen) atoms. The first kappa shape index (κ1) is 10.4. The van der Waals surface area contributed by atoms with E-state index in [-0.39, 0.29) is 0 Å². The predicted octanol–water partition coefficient (Wildman–Crippen LogP) is -0.728. The number of nitrogens with two attached hydrogens (primary N) is 1. The van der Waals surface area contributed by atoms with Crippen LogP contribution in [0.2, 0.25) is 0 Å². The molecule has 2 rings (SSSR count). The van der Waals surface area contributed by atoms with Crippen LogP contribution in [0.15, 0.2) is 0 Å². The number of piperidine rings is 1. The lowest BCUT2D eigenvalue weighted by Crippen LogP contribution is -2.54. The summed E-state index contributed by atoms with van der Waals surface area (Å²) in [5.74, 6) is 0. The van der Waals surface area contributed by atoms with Gasteiger partial charge in [0.05, 0.1) is 0 Å². The highest BCUT2D eigenvalue weighted by atomic mass is 15.4. The second-order valence-electron chi connectivity index (χ2n) is 4.66. The minimum atomic E-state index is 0.422. The molecule has 0 aromatic rings. The van der Waals surface area contributed by atoms with Crippen LogP contribution in [0.4, 0.5) is 0 Å². The first-order chi connectivity index (χ1) is 6.77. The molecule has 2 aliphatic rings. The summed E-state index contributed by atoms with van der Waals surface area (Å²) in [5, 5.41) is 3.48. The first-order valence-corrected chi connectivity index (χ1v) is 5.61. The maximum absolute atomic E-state index is 5.65. The van der Waals surface area contributed by atoms with E-state index < -0.39 is 0 Å². The van der Waals surface area contributed by atoms with Crippen molar-refractivity contribution in [3.05, 3.63) is 0 Å². The smallest absolute Gasteiger partial charge is 0.0487 e. The lowest BCUT2D eigenvalue weighted by Gasteiger charge is -2.43. The van der Waals surface area contributed by atoms with Gasteiger partial charge in [-0.05, 0) is 33.0 Å². The number of nitrogens with one attached hydrogen (secondary N) is 1. The third-order valence-electron chi connectivity index (χ3n) is 3.74. The Hall–Kier alpha value is -0.160. The van der Waals surface area contributed by atoms with Gasteiger partial charge in [-0.1, -0.05) is 0 Å². The Balaban J connectivity index is 1.99. The molecular weight excluding hydrogens is 176 g/mol. The van der Waals surface area contributed by atoms with Gasteiger partial charge >= 0.3 is 0 Å². The second-order valence-corrected chi connectivity index (χ2v) is 4.66. The minimum Gasteiger partial charge on any atom is -0.329 e. The molecule has 82 valence electrons. The molecular formula is C10H22N4. The van der Waals surface area contributed by atoms with Crippen LogP contribution in [-0.2, 0) is 0 Å². The van der Waals surface area contributed by atoms with Crippen LogP contribution in [0.3, 0.4) is 0 Å². The SMILES string of the molecule is CN1CCC2(CC1)CNCN2CCN. The maximum Gasteiger partial charge on any atom is 0.0487 e. The van der Waals surface area contributed by atoms with Gasteiger partial charge in [-0.3, -0.25) is 4.90 Å². The standard InChI is InChI=1S/C10H22N4/c1-13-5-2-10(3-6-13)8-12-9-14(10)7-4-11/h12H,2-9,11H2,1H3. The van der Waals surface area contributed by atoms with Crippen molar-refractivity contribution >= 4 is 0 Å². The monoisotopic (exact) mass is 198 g/mol. The molecule has 0 aliphatic carbocycles. The Morgan fingerprint density at radius 1 is 1.36 bits per heavy atom. The van der Waals surface area contributed by atoms with Crippen molar-refractivity contribution in [1.29, 1.82) is 0 Å². The number of rotatable bonds is 2. The molecule has 2 heterocycles. The third kappa shape index (κ3) is 1.80. The number of hydrogen-bond acceptors (Lipinski definition) is 4. The fourth-order valence-corrected chi connectivity index (χ4v) is 2.70. The molecule has 0 aromatic carbocycles. The van der Waals surface area contributed by atoms with Crippen LogP contribution in [0.1, 0.15) is 12.8 Å². The first-order valence-electron chi connectivity index (χ1n) is 5.61. The molecule has 0 aromatic heterocycles. The van der Waals surface area contributed by atoms with E-state index in [1.807, 2.05) is 0 Å². The van der Waals surface area contributed by atoms with E-state index in [4.69, 9.17) is 5.73 Å². The van der Waals surface area contributed by atoms with Gasteiger partial charge in [-0.2, -0.15) is 0 Å². The fraction of sp³-hybridized carbons (Fsp3) is 1.00. The molecule has 0 amide bonds. The van der Waals surface area contributed by atoms with Crippen LogP contribution in [0.5, 0.6) is 0 Å². The molecule has 4 heteroatoms. The van der Waals surface area contributed by atoms with E-state index in [1.54, 1.807) is 0 Å². The maximum atomic E-state index is 5.65. The van der Waals surface area contributed by atoms with Crippen LogP contribution >= 0.6 is 0 Å². The summed E-state index contributed by atoms with van der Waals surface area (Å²) in [5.41, 5.74) is 6.07. The summed E-state index contributed by atoms with van der Waals surface area (Å²) in [6, 6.07) is 0. The number of likely N-dealkylation sites (tertiary alicyclic amines) is 1. The van der Waals surface area contributed by atoms with Crippen molar-refractivity contribution in [3.8, 4) is 0 Å². The average molecular weight is 198 g/mol. The van der Waals surface area contributed by atoms with Gasteiger partial charge < -0.3 is 16.0 Å². The van der Waals surface area contributed by atoms with Crippen molar-refractivity contribution in [1.82, 2.24) is 15.1 Å². The fourth-order valence-electron chi connectivity index (χ4n) is 2.70. The molecule has 2 saturated heterocycles. The van der Waals surface area contributed by atoms with E-state index in [9.17, 15) is 0 Å². The Kier molecular flexibility index (Phi) is 3.07. The summed E-state index contributed by atoms with van der Waals surface area (Å²) in [4.78, 5) is 4.96. The highest BCUT2D eigenvalue weighted by Crippen LogP contribution is 2.30. The van der Waals surface area contributed by atoms with E-state index in [2.05, 4.69) is 22.2 Å². The molecule has 0 unspecified atom stereocenters. The van der Waals surface area contributed by atoms with Crippen LogP contribution in [0, 0.1) is 0 Å². The lowest BCUT2D eigenvalue weighted by atomic mass is 9.87. The molecule has 2 aliphatic heterocycles. The Morgan fingerprint density at radius 3 is 2.71 bits per heavy atom. The van der Waals surface area contributed by atoms with E-state index >= 15 is 0 Å². The molecule has 0 bridgehead atoms. The molecule has 4 nitrogen and oxygen atoms in total. The lowest BCUT2D eigenvalue weighted by molar-refractivity contribution is 0.0734. The van der Waals surface area contributed by atoms with Gasteiger partial charge in [0.1, 0.15) is 0 Å². The van der Waals surface area contributed by atoms with Gasteiger partial charge in [0.25, 0.3) is 0 Å². The summed E-state index contributed by atoms with van der Waals surface area (Å²) >= 11 is 0. The van der Waals surface area contributed by atoms with E-state index in [1.165, 1.54) is 25.9 Å². The normalized spacial score (nSPS) is 28.7. The van der Waals surface area contributed by atoms with Crippen molar-refractivity contribution in [3.63, 3.8) is 0 Å². The van der Waals surface area contributed by atoms with Gasteiger partial charge in [0.2, 0.25) is 0 Å². The molecule has 1 spiro atoms. The Labute approximate surface area is 86.4 Å². The van der Waals surface area contributed by atoms with Gasteiger partial charge in [0, 0.05) is 31.8 Å². The number of nitrogens with zero attached hydrogens (tertiary/aromatic N) is 2. The quantitative estimate of drug-likeness (QED) is 0.614. The largest absolute Gasteiger partial charge is 0.329 e. The second kappa shape index (κ2) is 4.14. The third-order valence-corrected chi connectivity index (χ3v) is 3.74. The van der Waals surface area contributed by atoms with Crippen molar-refractivity contribution in [2.24, 2.45) is 5.73 Å². The van der Waals surface area contributed by atoms with Crippen LogP contribution < -0.4 is 11.1 Å².